The van der Waals surface area contributed by atoms with Gasteiger partial charge in [-0.05, 0) is 45.9 Å². The highest BCUT2D eigenvalue weighted by Crippen LogP contribution is 2.39. The van der Waals surface area contributed by atoms with Gasteiger partial charge in [0.05, 0.1) is 8.15 Å². The van der Waals surface area contributed by atoms with Crippen molar-refractivity contribution in [1.82, 2.24) is 0 Å². The lowest BCUT2D eigenvalue weighted by molar-refractivity contribution is -0.00165. The van der Waals surface area contributed by atoms with Crippen molar-refractivity contribution in [3.05, 3.63) is 48.5 Å². The average molecular weight is 487 g/mol. The molecule has 0 aliphatic rings. The smallest absolute Gasteiger partial charge is 0.120 e. The van der Waals surface area contributed by atoms with Crippen LogP contribution in [0, 0.1) is 21.7 Å². The van der Waals surface area contributed by atoms with Gasteiger partial charge < -0.3 is 14.4 Å². The minimum absolute atomic E-state index is 0.0134. The Bertz CT molecular complexity index is 833. The molecule has 0 amide bonds. The first-order valence-corrected chi connectivity index (χ1v) is 13.6. The van der Waals surface area contributed by atoms with Crippen LogP contribution < -0.4 is 20.1 Å². The molecule has 0 aliphatic heterocycles. The fourth-order valence-corrected chi connectivity index (χ4v) is 6.36. The quantitative estimate of drug-likeness (QED) is 0.425. The van der Waals surface area contributed by atoms with Crippen LogP contribution in [0.15, 0.2) is 48.5 Å². The fourth-order valence-electron chi connectivity index (χ4n) is 5.10. The van der Waals surface area contributed by atoms with Crippen LogP contribution in [0.3, 0.4) is 0 Å². The van der Waals surface area contributed by atoms with Crippen LogP contribution in [0.4, 0.5) is 0 Å². The second-order valence-electron chi connectivity index (χ2n) is 13.8. The van der Waals surface area contributed by atoms with Crippen molar-refractivity contribution in [2.75, 3.05) is 0 Å². The topological polar surface area (TPSA) is 38.7 Å². The van der Waals surface area contributed by atoms with Crippen LogP contribution in [0.2, 0.25) is 0 Å². The minimum Gasteiger partial charge on any atom is -0.489 e. The second-order valence-corrected chi connectivity index (χ2v) is 15.4. The molecule has 2 rings (SSSR count). The SMILES string of the molecule is CC(C)(C)C(Oc1cccc(P(O)c2cccc(OC(C(C)(C)C)C(C)(C)C)c2)c1)C(C)(C)C. The van der Waals surface area contributed by atoms with Gasteiger partial charge in [0.2, 0.25) is 0 Å². The van der Waals surface area contributed by atoms with Gasteiger partial charge in [-0.15, -0.1) is 0 Å². The number of rotatable bonds is 6. The zero-order valence-electron chi connectivity index (χ0n) is 23.5. The maximum absolute atomic E-state index is 11.3. The van der Waals surface area contributed by atoms with Crippen LogP contribution in [0.1, 0.15) is 83.1 Å². The molecule has 0 unspecified atom stereocenters. The maximum Gasteiger partial charge on any atom is 0.120 e. The molecule has 0 saturated carbocycles. The van der Waals surface area contributed by atoms with Crippen LogP contribution in [0.25, 0.3) is 0 Å². The third kappa shape index (κ3) is 7.72. The normalized spacial score (nSPS) is 13.6. The van der Waals surface area contributed by atoms with Gasteiger partial charge in [-0.2, -0.15) is 0 Å². The Labute approximate surface area is 210 Å². The first kappa shape index (κ1) is 28.7. The van der Waals surface area contributed by atoms with E-state index in [-0.39, 0.29) is 33.9 Å². The lowest BCUT2D eigenvalue weighted by Crippen LogP contribution is -2.43. The zero-order chi connectivity index (χ0) is 26.1. The van der Waals surface area contributed by atoms with E-state index in [0.717, 1.165) is 22.1 Å². The van der Waals surface area contributed by atoms with Gasteiger partial charge in [-0.3, -0.25) is 0 Å². The molecule has 0 spiro atoms. The summed E-state index contributed by atoms with van der Waals surface area (Å²) in [5.41, 5.74) is -0.0535. The van der Waals surface area contributed by atoms with Gasteiger partial charge in [0.1, 0.15) is 23.7 Å². The summed E-state index contributed by atoms with van der Waals surface area (Å²) in [7, 11) is -1.53. The molecule has 3 nitrogen and oxygen atoms in total. The molecule has 0 atom stereocenters. The number of benzene rings is 2. The molecule has 4 heteroatoms. The van der Waals surface area contributed by atoms with E-state index in [4.69, 9.17) is 9.47 Å². The summed E-state index contributed by atoms with van der Waals surface area (Å²) >= 11 is 0. The molecule has 1 N–H and O–H groups in total. The van der Waals surface area contributed by atoms with Crippen molar-refractivity contribution < 1.29 is 14.4 Å². The van der Waals surface area contributed by atoms with Gasteiger partial charge in [-0.1, -0.05) is 107 Å². The third-order valence-electron chi connectivity index (χ3n) is 5.78. The van der Waals surface area contributed by atoms with E-state index in [0.29, 0.717) is 0 Å². The van der Waals surface area contributed by atoms with E-state index < -0.39 is 8.15 Å². The highest BCUT2D eigenvalue weighted by atomic mass is 31.1. The molecule has 34 heavy (non-hydrogen) atoms. The van der Waals surface area contributed by atoms with Crippen molar-refractivity contribution >= 4 is 18.8 Å². The van der Waals surface area contributed by atoms with E-state index in [2.05, 4.69) is 83.1 Å². The van der Waals surface area contributed by atoms with Crippen molar-refractivity contribution in [2.24, 2.45) is 21.7 Å². The van der Waals surface area contributed by atoms with Crippen LogP contribution in [0.5, 0.6) is 11.5 Å². The minimum atomic E-state index is -1.53. The molecule has 0 aromatic heterocycles. The van der Waals surface area contributed by atoms with E-state index in [9.17, 15) is 4.89 Å². The maximum atomic E-state index is 11.3. The molecule has 0 radical (unpaired) electrons. The molecular weight excluding hydrogens is 439 g/mol. The Morgan fingerprint density at radius 3 is 1.12 bits per heavy atom. The number of hydrogen-bond acceptors (Lipinski definition) is 3. The van der Waals surface area contributed by atoms with E-state index in [1.165, 1.54) is 0 Å². The summed E-state index contributed by atoms with van der Waals surface area (Å²) in [6, 6.07) is 15.8. The molecular formula is C30H47O3P. The number of ether oxygens (including phenoxy) is 2. The summed E-state index contributed by atoms with van der Waals surface area (Å²) in [6.07, 6.45) is 0.0623. The van der Waals surface area contributed by atoms with Crippen LogP contribution in [-0.2, 0) is 0 Å². The predicted molar refractivity (Wildman–Crippen MR) is 148 cm³/mol. The molecule has 0 heterocycles. The average Bonchev–Trinajstić information content (AvgIpc) is 2.67. The standard InChI is InChI=1S/C30H47O3P/c1-27(2,3)25(28(4,5)6)32-21-15-13-17-23(19-21)34(31)24-18-14-16-22(20-24)33-26(29(7,8)9)30(10,11)12/h13-20,25-26,31H,1-12H3. The van der Waals surface area contributed by atoms with Gasteiger partial charge >= 0.3 is 0 Å². The second kappa shape index (κ2) is 10.2. The first-order chi connectivity index (χ1) is 15.3. The van der Waals surface area contributed by atoms with Gasteiger partial charge in [0.15, 0.2) is 0 Å². The van der Waals surface area contributed by atoms with E-state index in [1.54, 1.807) is 0 Å². The predicted octanol–water partition coefficient (Wildman–Crippen LogP) is 7.71. The Morgan fingerprint density at radius 2 is 0.853 bits per heavy atom. The Hall–Kier alpha value is -1.57. The lowest BCUT2D eigenvalue weighted by Gasteiger charge is -2.40. The summed E-state index contributed by atoms with van der Waals surface area (Å²) < 4.78 is 13.0. The summed E-state index contributed by atoms with van der Waals surface area (Å²) in [4.78, 5) is 11.3. The molecule has 0 fully saturated rings. The number of hydrogen-bond donors (Lipinski definition) is 1. The van der Waals surface area contributed by atoms with Crippen molar-refractivity contribution in [3.8, 4) is 11.5 Å². The Kier molecular flexibility index (Phi) is 8.60. The summed E-state index contributed by atoms with van der Waals surface area (Å²) in [6.45, 7) is 26.5. The fraction of sp³-hybridized carbons (Fsp3) is 0.600. The van der Waals surface area contributed by atoms with Gasteiger partial charge in [0, 0.05) is 10.6 Å². The zero-order valence-corrected chi connectivity index (χ0v) is 24.4. The third-order valence-corrected chi connectivity index (χ3v) is 7.31. The molecule has 0 bridgehead atoms. The van der Waals surface area contributed by atoms with Crippen molar-refractivity contribution in [1.29, 1.82) is 0 Å². The van der Waals surface area contributed by atoms with Crippen LogP contribution in [-0.4, -0.2) is 17.1 Å². The van der Waals surface area contributed by atoms with Gasteiger partial charge in [-0.25, -0.2) is 0 Å². The first-order valence-electron chi connectivity index (χ1n) is 12.3. The summed E-state index contributed by atoms with van der Waals surface area (Å²) in [5, 5.41) is 1.74. The molecule has 2 aromatic carbocycles. The van der Waals surface area contributed by atoms with E-state index in [1.807, 2.05) is 48.5 Å². The van der Waals surface area contributed by atoms with Gasteiger partial charge in [0.25, 0.3) is 0 Å². The molecule has 2 aromatic rings. The van der Waals surface area contributed by atoms with Crippen LogP contribution >= 0.6 is 8.15 Å². The van der Waals surface area contributed by atoms with Crippen molar-refractivity contribution in [2.45, 2.75) is 95.3 Å². The molecule has 190 valence electrons. The largest absolute Gasteiger partial charge is 0.489 e. The Morgan fingerprint density at radius 1 is 0.559 bits per heavy atom. The molecule has 0 saturated heterocycles. The monoisotopic (exact) mass is 486 g/mol. The van der Waals surface area contributed by atoms with Crippen molar-refractivity contribution in [3.63, 3.8) is 0 Å². The molecule has 0 aliphatic carbocycles. The lowest BCUT2D eigenvalue weighted by atomic mass is 9.74. The Balaban J connectivity index is 2.31. The summed E-state index contributed by atoms with van der Waals surface area (Å²) in [5.74, 6) is 1.59. The highest BCUT2D eigenvalue weighted by molar-refractivity contribution is 7.67. The van der Waals surface area contributed by atoms with E-state index >= 15 is 0 Å². The highest BCUT2D eigenvalue weighted by Gasteiger charge is 2.38.